The van der Waals surface area contributed by atoms with Gasteiger partial charge in [0.2, 0.25) is 0 Å². The van der Waals surface area contributed by atoms with Crippen LogP contribution in [-0.4, -0.2) is 0 Å². The molecule has 1 heterocycles. The molecule has 1 aliphatic rings. The lowest BCUT2D eigenvalue weighted by Gasteiger charge is -2.07. The molecule has 0 saturated carbocycles. The molecule has 1 aliphatic heterocycles. The number of halogens is 1. The van der Waals surface area contributed by atoms with Crippen molar-refractivity contribution in [2.24, 2.45) is 0 Å². The minimum absolute atomic E-state index is 0.830. The fourth-order valence-corrected chi connectivity index (χ4v) is 3.03. The van der Waals surface area contributed by atoms with E-state index in [1.165, 1.54) is 0 Å². The molecule has 0 spiro atoms. The highest BCUT2D eigenvalue weighted by Gasteiger charge is 2.26. The Hall–Kier alpha value is -1.05. The topological polar surface area (TPSA) is 18.5 Å². The van der Waals surface area contributed by atoms with Crippen molar-refractivity contribution in [3.63, 3.8) is 0 Å². The molecule has 0 aliphatic carbocycles. The van der Waals surface area contributed by atoms with Crippen LogP contribution in [0, 0.1) is 0 Å². The van der Waals surface area contributed by atoms with Gasteiger partial charge in [0.25, 0.3) is 0 Å². The van der Waals surface area contributed by atoms with Crippen LogP contribution in [0.2, 0.25) is 0 Å². The van der Waals surface area contributed by atoms with Crippen molar-refractivity contribution in [2.75, 3.05) is 0 Å². The summed E-state index contributed by atoms with van der Waals surface area (Å²) >= 11 is 3.41. The maximum Gasteiger partial charge on any atom is 0.326 e. The Labute approximate surface area is 103 Å². The summed E-state index contributed by atoms with van der Waals surface area (Å²) in [6.45, 7) is 0. The summed E-state index contributed by atoms with van der Waals surface area (Å²) < 4.78 is 12.6. The predicted octanol–water partition coefficient (Wildman–Crippen LogP) is 3.86. The molecule has 2 aromatic carbocycles. The smallest absolute Gasteiger partial charge is 0.326 e. The van der Waals surface area contributed by atoms with Gasteiger partial charge in [0.05, 0.1) is 5.30 Å². The first-order valence-electron chi connectivity index (χ1n) is 4.83. The van der Waals surface area contributed by atoms with Gasteiger partial charge in [-0.15, -0.1) is 0 Å². The molecule has 0 atom stereocenters. The standard InChI is InChI=1S/C12H8BrO2P/c13-9-5-7-10(8-6-9)16-14-11-3-1-2-4-12(11)15-16/h1-8H. The van der Waals surface area contributed by atoms with Gasteiger partial charge in [-0.25, -0.2) is 0 Å². The Kier molecular flexibility index (Phi) is 2.58. The quantitative estimate of drug-likeness (QED) is 0.744. The van der Waals surface area contributed by atoms with Gasteiger partial charge < -0.3 is 9.05 Å². The Morgan fingerprint density at radius 3 is 1.94 bits per heavy atom. The minimum Gasteiger partial charge on any atom is -0.431 e. The molecule has 0 N–H and O–H groups in total. The van der Waals surface area contributed by atoms with Crippen LogP contribution < -0.4 is 14.4 Å². The molecule has 2 aromatic rings. The molecule has 0 unspecified atom stereocenters. The van der Waals surface area contributed by atoms with E-state index in [9.17, 15) is 0 Å². The summed E-state index contributed by atoms with van der Waals surface area (Å²) in [5.74, 6) is 1.66. The highest BCUT2D eigenvalue weighted by atomic mass is 79.9. The number of hydrogen-bond donors (Lipinski definition) is 0. The fraction of sp³-hybridized carbons (Fsp3) is 0. The highest BCUT2D eigenvalue weighted by molar-refractivity contribution is 9.10. The van der Waals surface area contributed by atoms with Crippen molar-refractivity contribution in [1.82, 2.24) is 0 Å². The van der Waals surface area contributed by atoms with E-state index in [4.69, 9.17) is 9.05 Å². The third-order valence-electron chi connectivity index (χ3n) is 2.25. The van der Waals surface area contributed by atoms with Gasteiger partial charge in [0, 0.05) is 4.47 Å². The highest BCUT2D eigenvalue weighted by Crippen LogP contribution is 2.51. The van der Waals surface area contributed by atoms with Crippen LogP contribution in [0.4, 0.5) is 0 Å². The van der Waals surface area contributed by atoms with Gasteiger partial charge in [0.1, 0.15) is 0 Å². The normalized spacial score (nSPS) is 14.1. The van der Waals surface area contributed by atoms with Gasteiger partial charge in [0.15, 0.2) is 11.5 Å². The Bertz CT molecular complexity index is 488. The molecule has 0 bridgehead atoms. The van der Waals surface area contributed by atoms with Crippen LogP contribution in [0.3, 0.4) is 0 Å². The minimum atomic E-state index is -1.00. The van der Waals surface area contributed by atoms with Gasteiger partial charge in [-0.1, -0.05) is 28.1 Å². The zero-order valence-electron chi connectivity index (χ0n) is 8.26. The summed E-state index contributed by atoms with van der Waals surface area (Å²) in [6.07, 6.45) is 0. The molecule has 0 saturated heterocycles. The molecule has 0 amide bonds. The SMILES string of the molecule is Brc1ccc(P2Oc3ccccc3O2)cc1. The van der Waals surface area contributed by atoms with E-state index in [1.807, 2.05) is 48.5 Å². The summed E-state index contributed by atoms with van der Waals surface area (Å²) in [7, 11) is -1.00. The third kappa shape index (κ3) is 1.81. The second kappa shape index (κ2) is 4.08. The Balaban J connectivity index is 1.88. The van der Waals surface area contributed by atoms with Crippen molar-refractivity contribution in [2.45, 2.75) is 0 Å². The zero-order chi connectivity index (χ0) is 11.0. The van der Waals surface area contributed by atoms with E-state index in [0.29, 0.717) is 0 Å². The van der Waals surface area contributed by atoms with E-state index < -0.39 is 8.38 Å². The maximum atomic E-state index is 5.76. The van der Waals surface area contributed by atoms with Crippen molar-refractivity contribution in [1.29, 1.82) is 0 Å². The lowest BCUT2D eigenvalue weighted by atomic mass is 10.3. The molecule has 0 radical (unpaired) electrons. The van der Waals surface area contributed by atoms with Gasteiger partial charge in [-0.2, -0.15) is 0 Å². The van der Waals surface area contributed by atoms with Crippen LogP contribution in [0.15, 0.2) is 53.0 Å². The molecule has 2 nitrogen and oxygen atoms in total. The van der Waals surface area contributed by atoms with Crippen LogP contribution >= 0.6 is 24.3 Å². The van der Waals surface area contributed by atoms with Crippen LogP contribution in [0.1, 0.15) is 0 Å². The zero-order valence-corrected chi connectivity index (χ0v) is 10.7. The first kappa shape index (κ1) is 10.1. The van der Waals surface area contributed by atoms with Crippen LogP contribution in [0.5, 0.6) is 11.5 Å². The predicted molar refractivity (Wildman–Crippen MR) is 68.4 cm³/mol. The number of hydrogen-bond acceptors (Lipinski definition) is 2. The van der Waals surface area contributed by atoms with E-state index in [0.717, 1.165) is 21.3 Å². The largest absolute Gasteiger partial charge is 0.431 e. The second-order valence-corrected chi connectivity index (χ2v) is 5.67. The molecule has 80 valence electrons. The molecule has 0 fully saturated rings. The van der Waals surface area contributed by atoms with Crippen molar-refractivity contribution in [3.05, 3.63) is 53.0 Å². The summed E-state index contributed by atoms with van der Waals surface area (Å²) in [6, 6.07) is 15.8. The molecule has 16 heavy (non-hydrogen) atoms. The van der Waals surface area contributed by atoms with Gasteiger partial charge >= 0.3 is 8.38 Å². The third-order valence-corrected chi connectivity index (χ3v) is 4.22. The monoisotopic (exact) mass is 294 g/mol. The average molecular weight is 295 g/mol. The lowest BCUT2D eigenvalue weighted by Crippen LogP contribution is -2.04. The van der Waals surface area contributed by atoms with E-state index >= 15 is 0 Å². The number of fused-ring (bicyclic) bond motifs is 1. The first-order chi connectivity index (χ1) is 7.83. The van der Waals surface area contributed by atoms with Gasteiger partial charge in [-0.3, -0.25) is 0 Å². The van der Waals surface area contributed by atoms with E-state index in [1.54, 1.807) is 0 Å². The van der Waals surface area contributed by atoms with E-state index in [-0.39, 0.29) is 0 Å². The van der Waals surface area contributed by atoms with Crippen molar-refractivity contribution < 1.29 is 9.05 Å². The maximum absolute atomic E-state index is 5.76. The molecule has 4 heteroatoms. The van der Waals surface area contributed by atoms with Gasteiger partial charge in [-0.05, 0) is 36.4 Å². The number of rotatable bonds is 1. The second-order valence-electron chi connectivity index (χ2n) is 3.36. The fourth-order valence-electron chi connectivity index (χ4n) is 1.47. The van der Waals surface area contributed by atoms with Crippen LogP contribution in [-0.2, 0) is 0 Å². The average Bonchev–Trinajstić information content (AvgIpc) is 2.73. The van der Waals surface area contributed by atoms with Crippen LogP contribution in [0.25, 0.3) is 0 Å². The lowest BCUT2D eigenvalue weighted by molar-refractivity contribution is 0.587. The summed E-state index contributed by atoms with van der Waals surface area (Å²) in [5, 5.41) is 1.08. The molecular formula is C12H8BrO2P. The van der Waals surface area contributed by atoms with Crippen molar-refractivity contribution >= 4 is 29.6 Å². The van der Waals surface area contributed by atoms with Crippen molar-refractivity contribution in [3.8, 4) is 11.5 Å². The molecule has 0 aromatic heterocycles. The first-order valence-corrected chi connectivity index (χ1v) is 6.81. The summed E-state index contributed by atoms with van der Waals surface area (Å²) in [5.41, 5.74) is 0. The summed E-state index contributed by atoms with van der Waals surface area (Å²) in [4.78, 5) is 0. The Morgan fingerprint density at radius 1 is 0.812 bits per heavy atom. The molecular weight excluding hydrogens is 287 g/mol. The Morgan fingerprint density at radius 2 is 1.38 bits per heavy atom. The van der Waals surface area contributed by atoms with E-state index in [2.05, 4.69) is 15.9 Å². The number of benzene rings is 2. The molecule has 3 rings (SSSR count). The number of para-hydroxylation sites is 2.